The number of rotatable bonds is 2. The van der Waals surface area contributed by atoms with Gasteiger partial charge in [-0.05, 0) is 50.2 Å². The number of hydrogen-bond donors (Lipinski definition) is 1. The van der Waals surface area contributed by atoms with Gasteiger partial charge in [0.25, 0.3) is 0 Å². The first-order valence-corrected chi connectivity index (χ1v) is 11.0. The zero-order valence-electron chi connectivity index (χ0n) is 15.1. The highest BCUT2D eigenvalue weighted by atomic mass is 32.2. The van der Waals surface area contributed by atoms with Gasteiger partial charge in [0.15, 0.2) is 15.6 Å². The van der Waals surface area contributed by atoms with Gasteiger partial charge in [0.05, 0.1) is 26.1 Å². The predicted octanol–water partition coefficient (Wildman–Crippen LogP) is 4.34. The normalized spacial score (nSPS) is 17.1. The van der Waals surface area contributed by atoms with E-state index < -0.39 is 20.4 Å². The van der Waals surface area contributed by atoms with Crippen molar-refractivity contribution < 1.29 is 13.2 Å². The Morgan fingerprint density at radius 2 is 1.86 bits per heavy atom. The number of sulfone groups is 1. The molecule has 28 heavy (non-hydrogen) atoms. The maximum Gasteiger partial charge on any atom is 0.191 e. The third-order valence-corrected chi connectivity index (χ3v) is 8.46. The number of aromatic nitrogens is 2. The van der Waals surface area contributed by atoms with Crippen LogP contribution in [0.5, 0.6) is 0 Å². The van der Waals surface area contributed by atoms with Gasteiger partial charge in [-0.3, -0.25) is 9.78 Å². The molecule has 0 saturated heterocycles. The Morgan fingerprint density at radius 3 is 2.68 bits per heavy atom. The van der Waals surface area contributed by atoms with Crippen molar-refractivity contribution in [1.82, 2.24) is 9.97 Å². The van der Waals surface area contributed by atoms with E-state index in [1.54, 1.807) is 41.2 Å². The number of benzene rings is 2. The quantitative estimate of drug-likeness (QED) is 0.530. The minimum Gasteiger partial charge on any atom is -0.355 e. The van der Waals surface area contributed by atoms with Crippen molar-refractivity contribution in [3.8, 4) is 0 Å². The number of Topliss-reactive ketones (excluding diaryl/α,β-unsaturated/α-hetero) is 1. The fraction of sp³-hybridized carbons (Fsp3) is 0.150. The second-order valence-electron chi connectivity index (χ2n) is 7.23. The van der Waals surface area contributed by atoms with Crippen molar-refractivity contribution in [2.75, 3.05) is 5.32 Å². The maximum atomic E-state index is 12.9. The Bertz CT molecular complexity index is 1410. The van der Waals surface area contributed by atoms with Crippen molar-refractivity contribution in [1.29, 1.82) is 0 Å². The molecule has 0 spiro atoms. The smallest absolute Gasteiger partial charge is 0.191 e. The topological polar surface area (TPSA) is 89.0 Å². The number of hydrogen-bond acceptors (Lipinski definition) is 7. The first-order chi connectivity index (χ1) is 13.3. The SMILES string of the molecule is CC1(C)C(=O)c2cc3nccc(Nc4ccc5scnc5c4)c3cc2S1(=O)=O. The van der Waals surface area contributed by atoms with Crippen LogP contribution in [-0.2, 0) is 9.84 Å². The molecule has 8 heteroatoms. The van der Waals surface area contributed by atoms with Gasteiger partial charge in [0.1, 0.15) is 4.75 Å². The van der Waals surface area contributed by atoms with Gasteiger partial charge >= 0.3 is 0 Å². The summed E-state index contributed by atoms with van der Waals surface area (Å²) in [5.74, 6) is -0.390. The Morgan fingerprint density at radius 1 is 1.04 bits per heavy atom. The number of pyridine rings is 1. The molecule has 140 valence electrons. The lowest BCUT2D eigenvalue weighted by Crippen LogP contribution is -2.33. The lowest BCUT2D eigenvalue weighted by atomic mass is 9.99. The second-order valence-corrected chi connectivity index (χ2v) is 10.6. The van der Waals surface area contributed by atoms with Crippen LogP contribution in [-0.4, -0.2) is 28.9 Å². The Hall–Kier alpha value is -2.84. The molecule has 5 rings (SSSR count). The van der Waals surface area contributed by atoms with E-state index in [-0.39, 0.29) is 10.5 Å². The number of thiazole rings is 1. The predicted molar refractivity (Wildman–Crippen MR) is 110 cm³/mol. The lowest BCUT2D eigenvalue weighted by molar-refractivity contribution is 0.0959. The standard InChI is InChI=1S/C20H15N3O3S2/c1-20(2)19(24)13-8-15-12(9-18(13)28(20,25)26)14(5-6-21-15)23-11-3-4-17-16(7-11)22-10-27-17/h3-10H,1-2H3,(H,21,23). The molecule has 0 atom stereocenters. The van der Waals surface area contributed by atoms with Crippen LogP contribution in [0.2, 0.25) is 0 Å². The molecule has 2 aromatic carbocycles. The Kier molecular flexibility index (Phi) is 3.45. The van der Waals surface area contributed by atoms with Gasteiger partial charge in [-0.25, -0.2) is 13.4 Å². The zero-order valence-corrected chi connectivity index (χ0v) is 16.7. The Balaban J connectivity index is 1.68. The van der Waals surface area contributed by atoms with E-state index >= 15 is 0 Å². The van der Waals surface area contributed by atoms with E-state index in [1.807, 2.05) is 18.2 Å². The average Bonchev–Trinajstić information content (AvgIpc) is 3.18. The first kappa shape index (κ1) is 17.3. The van der Waals surface area contributed by atoms with Crippen LogP contribution >= 0.6 is 11.3 Å². The summed E-state index contributed by atoms with van der Waals surface area (Å²) >= 11 is 1.57. The zero-order chi connectivity index (χ0) is 19.7. The van der Waals surface area contributed by atoms with Crippen LogP contribution in [0.1, 0.15) is 24.2 Å². The molecule has 1 aliphatic heterocycles. The minimum absolute atomic E-state index is 0.0704. The first-order valence-electron chi connectivity index (χ1n) is 8.61. The maximum absolute atomic E-state index is 12.9. The van der Waals surface area contributed by atoms with E-state index in [9.17, 15) is 13.2 Å². The number of carbonyl (C=O) groups is 1. The van der Waals surface area contributed by atoms with Crippen LogP contribution in [0.15, 0.2) is 53.0 Å². The molecular weight excluding hydrogens is 394 g/mol. The molecule has 0 aliphatic carbocycles. The van der Waals surface area contributed by atoms with Gasteiger partial charge < -0.3 is 5.32 Å². The summed E-state index contributed by atoms with van der Waals surface area (Å²) in [6.07, 6.45) is 1.64. The largest absolute Gasteiger partial charge is 0.355 e. The van der Waals surface area contributed by atoms with E-state index in [4.69, 9.17) is 0 Å². The summed E-state index contributed by atoms with van der Waals surface area (Å²) in [6, 6.07) is 10.8. The third-order valence-electron chi connectivity index (χ3n) is 5.21. The summed E-state index contributed by atoms with van der Waals surface area (Å²) in [7, 11) is -3.75. The summed E-state index contributed by atoms with van der Waals surface area (Å²) in [4.78, 5) is 21.4. The number of anilines is 2. The monoisotopic (exact) mass is 409 g/mol. The number of ketones is 1. The summed E-state index contributed by atoms with van der Waals surface area (Å²) < 4.78 is 25.4. The van der Waals surface area contributed by atoms with Crippen molar-refractivity contribution >= 4 is 59.5 Å². The highest BCUT2D eigenvalue weighted by molar-refractivity contribution is 7.94. The molecule has 0 amide bonds. The molecule has 2 aromatic heterocycles. The fourth-order valence-electron chi connectivity index (χ4n) is 3.49. The van der Waals surface area contributed by atoms with Crippen molar-refractivity contribution in [3.63, 3.8) is 0 Å². The van der Waals surface area contributed by atoms with E-state index in [0.717, 1.165) is 21.6 Å². The molecule has 0 bridgehead atoms. The highest BCUT2D eigenvalue weighted by Gasteiger charge is 2.51. The fourth-order valence-corrected chi connectivity index (χ4v) is 5.77. The lowest BCUT2D eigenvalue weighted by Gasteiger charge is -2.13. The number of carbonyl (C=O) groups excluding carboxylic acids is 1. The number of nitrogens with zero attached hydrogens (tertiary/aromatic N) is 2. The van der Waals surface area contributed by atoms with E-state index in [1.165, 1.54) is 13.8 Å². The van der Waals surface area contributed by atoms with Gasteiger partial charge in [0.2, 0.25) is 0 Å². The van der Waals surface area contributed by atoms with Crippen LogP contribution in [0.3, 0.4) is 0 Å². The van der Waals surface area contributed by atoms with Crippen LogP contribution in [0, 0.1) is 0 Å². The molecule has 0 fully saturated rings. The summed E-state index contributed by atoms with van der Waals surface area (Å²) in [5.41, 5.74) is 5.03. The van der Waals surface area contributed by atoms with Crippen LogP contribution in [0.25, 0.3) is 21.1 Å². The van der Waals surface area contributed by atoms with Crippen molar-refractivity contribution in [2.45, 2.75) is 23.5 Å². The molecule has 6 nitrogen and oxygen atoms in total. The Labute approximate surface area is 165 Å². The van der Waals surface area contributed by atoms with Gasteiger partial charge in [-0.1, -0.05) is 0 Å². The molecule has 1 aliphatic rings. The van der Waals surface area contributed by atoms with Crippen LogP contribution in [0.4, 0.5) is 11.4 Å². The van der Waals surface area contributed by atoms with Crippen LogP contribution < -0.4 is 5.32 Å². The number of nitrogens with one attached hydrogen (secondary N) is 1. The van der Waals surface area contributed by atoms with E-state index in [2.05, 4.69) is 15.3 Å². The molecule has 0 unspecified atom stereocenters. The summed E-state index contributed by atoms with van der Waals surface area (Å²) in [6.45, 7) is 2.90. The van der Waals surface area contributed by atoms with Crippen molar-refractivity contribution in [3.05, 3.63) is 53.7 Å². The molecule has 4 aromatic rings. The van der Waals surface area contributed by atoms with E-state index in [0.29, 0.717) is 10.9 Å². The molecule has 3 heterocycles. The van der Waals surface area contributed by atoms with Gasteiger partial charge in [0, 0.05) is 28.5 Å². The van der Waals surface area contributed by atoms with Gasteiger partial charge in [-0.2, -0.15) is 0 Å². The van der Waals surface area contributed by atoms with Crippen molar-refractivity contribution in [2.24, 2.45) is 0 Å². The molecule has 1 N–H and O–H groups in total. The number of fused-ring (bicyclic) bond motifs is 3. The average molecular weight is 409 g/mol. The molecule has 0 saturated carbocycles. The molecular formula is C20H15N3O3S2. The third kappa shape index (κ3) is 2.25. The highest BCUT2D eigenvalue weighted by Crippen LogP contribution is 2.41. The molecule has 0 radical (unpaired) electrons. The minimum atomic E-state index is -3.75. The summed E-state index contributed by atoms with van der Waals surface area (Å²) in [5, 5.41) is 3.97. The van der Waals surface area contributed by atoms with Gasteiger partial charge in [-0.15, -0.1) is 11.3 Å². The second kappa shape index (κ2) is 5.59.